The first kappa shape index (κ1) is 29.0. The van der Waals surface area contributed by atoms with Crippen molar-refractivity contribution in [3.63, 3.8) is 0 Å². The number of methoxy groups -OCH3 is 1. The number of sulfonamides is 1. The zero-order chi connectivity index (χ0) is 29.0. The number of rotatable bonds is 9. The fourth-order valence-electron chi connectivity index (χ4n) is 5.31. The Morgan fingerprint density at radius 2 is 1.56 bits per heavy atom. The highest BCUT2D eigenvalue weighted by molar-refractivity contribution is 7.89. The van der Waals surface area contributed by atoms with Crippen molar-refractivity contribution >= 4 is 39.0 Å². The number of nitrogens with one attached hydrogen (secondary N) is 2. The van der Waals surface area contributed by atoms with E-state index in [2.05, 4.69) is 53.4 Å². The lowest BCUT2D eigenvalue weighted by Gasteiger charge is -2.42. The molecule has 2 aliphatic rings. The van der Waals surface area contributed by atoms with Crippen LogP contribution in [0.2, 0.25) is 0 Å². The number of anilines is 5. The average Bonchev–Trinajstić information content (AvgIpc) is 2.98. The molecule has 0 unspecified atom stereocenters. The van der Waals surface area contributed by atoms with Crippen molar-refractivity contribution in [2.45, 2.75) is 23.8 Å². The molecule has 3 aromatic rings. The molecule has 0 amide bonds. The maximum atomic E-state index is 12.8. The molecular weight excluding hydrogens is 542 g/mol. The van der Waals surface area contributed by atoms with E-state index in [0.717, 1.165) is 63.5 Å². The van der Waals surface area contributed by atoms with E-state index in [1.165, 1.54) is 24.7 Å². The molecule has 12 nitrogen and oxygen atoms in total. The van der Waals surface area contributed by atoms with Gasteiger partial charge in [0.2, 0.25) is 21.9 Å². The topological polar surface area (TPSA) is 119 Å². The molecule has 2 aromatic carbocycles. The van der Waals surface area contributed by atoms with Crippen molar-refractivity contribution in [2.75, 3.05) is 83.1 Å². The van der Waals surface area contributed by atoms with Crippen LogP contribution in [0.5, 0.6) is 5.75 Å². The summed E-state index contributed by atoms with van der Waals surface area (Å²) in [5, 5.41) is 6.23. The van der Waals surface area contributed by atoms with Crippen molar-refractivity contribution in [1.29, 1.82) is 0 Å². The summed E-state index contributed by atoms with van der Waals surface area (Å²) in [6.07, 6.45) is 3.68. The number of aromatic nitrogens is 3. The number of likely N-dealkylation sites (N-methyl/N-ethyl adjacent to an activating group) is 1. The minimum atomic E-state index is -3.66. The van der Waals surface area contributed by atoms with Crippen LogP contribution in [-0.4, -0.2) is 111 Å². The van der Waals surface area contributed by atoms with Gasteiger partial charge in [-0.15, -0.1) is 0 Å². The van der Waals surface area contributed by atoms with Gasteiger partial charge in [-0.25, -0.2) is 22.7 Å². The molecule has 5 rings (SSSR count). The Morgan fingerprint density at radius 1 is 0.902 bits per heavy atom. The van der Waals surface area contributed by atoms with Crippen LogP contribution >= 0.6 is 0 Å². The molecule has 2 fully saturated rings. The monoisotopic (exact) mass is 581 g/mol. The van der Waals surface area contributed by atoms with E-state index in [4.69, 9.17) is 4.74 Å². The van der Waals surface area contributed by atoms with Gasteiger partial charge < -0.3 is 25.2 Å². The fraction of sp³-hybridized carbons (Fsp3) is 0.464. The van der Waals surface area contributed by atoms with E-state index in [-0.39, 0.29) is 10.8 Å². The van der Waals surface area contributed by atoms with E-state index in [9.17, 15) is 8.42 Å². The number of ether oxygens (including phenoxy) is 1. The highest BCUT2D eigenvalue weighted by Crippen LogP contribution is 2.33. The summed E-state index contributed by atoms with van der Waals surface area (Å²) in [6.45, 7) is 6.64. The highest BCUT2D eigenvalue weighted by atomic mass is 32.2. The van der Waals surface area contributed by atoms with Gasteiger partial charge in [0.05, 0.1) is 18.5 Å². The van der Waals surface area contributed by atoms with Crippen LogP contribution in [0.3, 0.4) is 0 Å². The molecule has 1 aromatic heterocycles. The van der Waals surface area contributed by atoms with Gasteiger partial charge in [0, 0.05) is 71.2 Å². The van der Waals surface area contributed by atoms with Crippen molar-refractivity contribution in [1.82, 2.24) is 29.1 Å². The van der Waals surface area contributed by atoms with Crippen LogP contribution in [0.4, 0.5) is 29.0 Å². The van der Waals surface area contributed by atoms with Gasteiger partial charge in [-0.05, 0) is 44.2 Å². The number of piperazine rings is 1. The molecule has 0 aliphatic carbocycles. The Balaban J connectivity index is 1.26. The maximum absolute atomic E-state index is 12.8. The van der Waals surface area contributed by atoms with Crippen LogP contribution in [0, 0.1) is 0 Å². The van der Waals surface area contributed by atoms with Crippen molar-refractivity contribution in [2.24, 2.45) is 0 Å². The summed E-state index contributed by atoms with van der Waals surface area (Å²) >= 11 is 0. The van der Waals surface area contributed by atoms with E-state index in [1.54, 1.807) is 31.4 Å². The third kappa shape index (κ3) is 6.70. The minimum absolute atomic E-state index is 0.129. The largest absolute Gasteiger partial charge is 0.494 e. The van der Waals surface area contributed by atoms with E-state index < -0.39 is 10.0 Å². The molecular formula is C28H39N9O3S. The fourth-order valence-corrected chi connectivity index (χ4v) is 6.35. The number of hydrogen-bond donors (Lipinski definition) is 2. The molecule has 41 heavy (non-hydrogen) atoms. The zero-order valence-electron chi connectivity index (χ0n) is 24.1. The van der Waals surface area contributed by atoms with Crippen LogP contribution in [0.1, 0.15) is 12.8 Å². The summed E-state index contributed by atoms with van der Waals surface area (Å²) in [4.78, 5) is 20.5. The Bertz CT molecular complexity index is 1440. The molecule has 0 bridgehead atoms. The molecule has 2 N–H and O–H groups in total. The molecule has 0 radical (unpaired) electrons. The molecule has 3 heterocycles. The van der Waals surface area contributed by atoms with Crippen LogP contribution in [0.25, 0.3) is 0 Å². The zero-order valence-corrected chi connectivity index (χ0v) is 24.9. The third-order valence-electron chi connectivity index (χ3n) is 7.78. The SMILES string of the molecule is COc1cc(N2CCC(N3CCN(C)CC3)CC2)ccc1Nc1ncnc(Nc2ccccc2S(=O)(=O)N(C)C)n1. The first-order valence-electron chi connectivity index (χ1n) is 13.8. The number of para-hydroxylation sites is 1. The van der Waals surface area contributed by atoms with Gasteiger partial charge in [0.15, 0.2) is 0 Å². The quantitative estimate of drug-likeness (QED) is 0.388. The van der Waals surface area contributed by atoms with Gasteiger partial charge in [0.1, 0.15) is 17.0 Å². The predicted octanol–water partition coefficient (Wildman–Crippen LogP) is 2.83. The Hall–Kier alpha value is -3.52. The number of piperidine rings is 1. The van der Waals surface area contributed by atoms with Crippen molar-refractivity contribution in [3.05, 3.63) is 48.8 Å². The van der Waals surface area contributed by atoms with Crippen LogP contribution in [-0.2, 0) is 10.0 Å². The third-order valence-corrected chi connectivity index (χ3v) is 9.65. The first-order valence-corrected chi connectivity index (χ1v) is 15.3. The van der Waals surface area contributed by atoms with Crippen molar-refractivity contribution < 1.29 is 13.2 Å². The molecule has 2 saturated heterocycles. The first-order chi connectivity index (χ1) is 19.7. The summed E-state index contributed by atoms with van der Waals surface area (Å²) < 4.78 is 32.4. The molecule has 220 valence electrons. The van der Waals surface area contributed by atoms with Crippen molar-refractivity contribution in [3.8, 4) is 5.75 Å². The summed E-state index contributed by atoms with van der Waals surface area (Å²) in [5.74, 6) is 1.19. The standard InChI is InChI=1S/C28H39N9O3S/c1-34(2)41(38,39)26-8-6-5-7-24(26)32-28-30-20-29-27(33-28)31-23-10-9-22(19-25(23)40-4)36-13-11-21(12-14-36)37-17-15-35(3)16-18-37/h5-10,19-21H,11-18H2,1-4H3,(H2,29,30,31,32,33). The Labute approximate surface area is 242 Å². The Morgan fingerprint density at radius 3 is 2.22 bits per heavy atom. The van der Waals surface area contributed by atoms with E-state index >= 15 is 0 Å². The predicted molar refractivity (Wildman–Crippen MR) is 161 cm³/mol. The van der Waals surface area contributed by atoms with Crippen LogP contribution in [0.15, 0.2) is 53.7 Å². The lowest BCUT2D eigenvalue weighted by molar-refractivity contribution is 0.0982. The Kier molecular flexibility index (Phi) is 8.88. The highest BCUT2D eigenvalue weighted by Gasteiger charge is 2.27. The molecule has 0 spiro atoms. The molecule has 0 atom stereocenters. The van der Waals surface area contributed by atoms with Gasteiger partial charge >= 0.3 is 0 Å². The van der Waals surface area contributed by atoms with Gasteiger partial charge in [-0.3, -0.25) is 4.90 Å². The maximum Gasteiger partial charge on any atom is 0.244 e. The van der Waals surface area contributed by atoms with E-state index in [1.807, 2.05) is 12.1 Å². The van der Waals surface area contributed by atoms with Gasteiger partial charge in [-0.1, -0.05) is 12.1 Å². The normalized spacial score (nSPS) is 17.5. The second-order valence-electron chi connectivity index (χ2n) is 10.6. The summed E-state index contributed by atoms with van der Waals surface area (Å²) in [7, 11) is 3.17. The molecule has 2 aliphatic heterocycles. The lowest BCUT2D eigenvalue weighted by Crippen LogP contribution is -2.52. The number of benzene rings is 2. The van der Waals surface area contributed by atoms with Gasteiger partial charge in [0.25, 0.3) is 0 Å². The second-order valence-corrected chi connectivity index (χ2v) is 12.7. The molecule has 13 heteroatoms. The number of hydrogen-bond acceptors (Lipinski definition) is 11. The number of nitrogens with zero attached hydrogens (tertiary/aromatic N) is 7. The smallest absolute Gasteiger partial charge is 0.244 e. The second kappa shape index (κ2) is 12.6. The minimum Gasteiger partial charge on any atom is -0.494 e. The lowest BCUT2D eigenvalue weighted by atomic mass is 10.0. The van der Waals surface area contributed by atoms with Gasteiger partial charge in [-0.2, -0.15) is 4.98 Å². The summed E-state index contributed by atoms with van der Waals surface area (Å²) in [6, 6.07) is 13.4. The van der Waals surface area contributed by atoms with E-state index in [0.29, 0.717) is 23.4 Å². The summed E-state index contributed by atoms with van der Waals surface area (Å²) in [5.41, 5.74) is 2.22. The van der Waals surface area contributed by atoms with Crippen LogP contribution < -0.4 is 20.3 Å². The average molecular weight is 582 g/mol. The molecule has 0 saturated carbocycles.